The summed E-state index contributed by atoms with van der Waals surface area (Å²) >= 11 is 8.50. The van der Waals surface area contributed by atoms with Crippen LogP contribution < -0.4 is 0 Å². The first-order chi connectivity index (χ1) is 6.72. The zero-order valence-corrected chi connectivity index (χ0v) is 11.1. The van der Waals surface area contributed by atoms with Gasteiger partial charge in [-0.3, -0.25) is 4.99 Å². The van der Waals surface area contributed by atoms with Crippen LogP contribution in [0.4, 0.5) is 0 Å². The van der Waals surface area contributed by atoms with Gasteiger partial charge in [-0.25, -0.2) is 0 Å². The largest absolute Gasteiger partial charge is 0.282 e. The molecule has 0 aromatic heterocycles. The zero-order chi connectivity index (χ0) is 10.8. The summed E-state index contributed by atoms with van der Waals surface area (Å²) in [6.07, 6.45) is 7.81. The van der Waals surface area contributed by atoms with E-state index in [1.54, 1.807) is 5.55 Å². The lowest BCUT2D eigenvalue weighted by atomic mass is 10.1. The lowest BCUT2D eigenvalue weighted by molar-refractivity contribution is 0.568. The SMILES string of the molecule is CCCCCCCC(S)[C@H](C)/N=C\S. The summed E-state index contributed by atoms with van der Waals surface area (Å²) in [5, 5.41) is 0.389. The molecule has 0 amide bonds. The van der Waals surface area contributed by atoms with Gasteiger partial charge in [-0.2, -0.15) is 12.6 Å². The molecule has 14 heavy (non-hydrogen) atoms. The maximum absolute atomic E-state index is 4.54. The standard InChI is InChI=1S/C11H23NS2/c1-3-4-5-6-7-8-11(14)10(2)12-9-13/h9-11,14H,3-8H2,1-2H3,(H,12,13)/t10-,11?/m0/s1. The highest BCUT2D eigenvalue weighted by atomic mass is 32.1. The summed E-state index contributed by atoms with van der Waals surface area (Å²) in [7, 11) is 0. The quantitative estimate of drug-likeness (QED) is 0.272. The second-order valence-corrected chi connectivity index (χ2v) is 4.67. The van der Waals surface area contributed by atoms with Crippen molar-refractivity contribution in [2.45, 2.75) is 63.7 Å². The Kier molecular flexibility index (Phi) is 10.2. The highest BCUT2D eigenvalue weighted by molar-refractivity contribution is 7.94. The maximum Gasteiger partial charge on any atom is 0.0593 e. The van der Waals surface area contributed by atoms with E-state index in [0.29, 0.717) is 11.3 Å². The minimum Gasteiger partial charge on any atom is -0.282 e. The van der Waals surface area contributed by atoms with Crippen LogP contribution in [0.5, 0.6) is 0 Å². The van der Waals surface area contributed by atoms with Gasteiger partial charge < -0.3 is 0 Å². The third-order valence-electron chi connectivity index (χ3n) is 2.46. The number of hydrogen-bond acceptors (Lipinski definition) is 2. The Balaban J connectivity index is 3.38. The van der Waals surface area contributed by atoms with Crippen LogP contribution in [0.1, 0.15) is 52.4 Å². The second-order valence-electron chi connectivity index (χ2n) is 3.78. The van der Waals surface area contributed by atoms with Gasteiger partial charge in [0.05, 0.1) is 11.6 Å². The zero-order valence-electron chi connectivity index (χ0n) is 9.32. The van der Waals surface area contributed by atoms with E-state index in [9.17, 15) is 0 Å². The van der Waals surface area contributed by atoms with Crippen molar-refractivity contribution in [1.82, 2.24) is 0 Å². The molecule has 1 nitrogen and oxygen atoms in total. The molecule has 0 aromatic carbocycles. The molecule has 2 atom stereocenters. The van der Waals surface area contributed by atoms with E-state index in [1.807, 2.05) is 0 Å². The molecule has 0 saturated heterocycles. The number of rotatable bonds is 8. The molecule has 0 rings (SSSR count). The Labute approximate surface area is 99.6 Å². The van der Waals surface area contributed by atoms with Crippen molar-refractivity contribution in [2.24, 2.45) is 4.99 Å². The highest BCUT2D eigenvalue weighted by Crippen LogP contribution is 2.15. The lowest BCUT2D eigenvalue weighted by Gasteiger charge is -2.14. The second kappa shape index (κ2) is 9.91. The molecule has 0 aliphatic carbocycles. The van der Waals surface area contributed by atoms with Gasteiger partial charge in [-0.1, -0.05) is 39.0 Å². The maximum atomic E-state index is 4.54. The Bertz CT molecular complexity index is 148. The summed E-state index contributed by atoms with van der Waals surface area (Å²) in [5.41, 5.74) is 1.57. The minimum absolute atomic E-state index is 0.294. The van der Waals surface area contributed by atoms with Gasteiger partial charge in [0, 0.05) is 5.25 Å². The number of thiol groups is 2. The van der Waals surface area contributed by atoms with E-state index >= 15 is 0 Å². The van der Waals surface area contributed by atoms with Crippen molar-refractivity contribution in [3.63, 3.8) is 0 Å². The molecular formula is C11H23NS2. The molecule has 0 radical (unpaired) electrons. The van der Waals surface area contributed by atoms with E-state index in [-0.39, 0.29) is 0 Å². The molecule has 0 aliphatic rings. The Morgan fingerprint density at radius 3 is 2.43 bits per heavy atom. The number of unbranched alkanes of at least 4 members (excludes halogenated alkanes) is 4. The molecular weight excluding hydrogens is 210 g/mol. The average molecular weight is 233 g/mol. The van der Waals surface area contributed by atoms with Gasteiger partial charge >= 0.3 is 0 Å². The predicted molar refractivity (Wildman–Crippen MR) is 73.1 cm³/mol. The fourth-order valence-electron chi connectivity index (χ4n) is 1.40. The van der Waals surface area contributed by atoms with E-state index in [0.717, 1.165) is 0 Å². The third-order valence-corrected chi connectivity index (χ3v) is 3.29. The molecule has 0 saturated carbocycles. The summed E-state index contributed by atoms with van der Waals surface area (Å²) in [5.74, 6) is 0. The molecule has 1 unspecified atom stereocenters. The monoisotopic (exact) mass is 233 g/mol. The van der Waals surface area contributed by atoms with Crippen LogP contribution in [0, 0.1) is 0 Å². The highest BCUT2D eigenvalue weighted by Gasteiger charge is 2.09. The van der Waals surface area contributed by atoms with Gasteiger partial charge in [0.1, 0.15) is 0 Å². The van der Waals surface area contributed by atoms with Crippen LogP contribution in [0.25, 0.3) is 0 Å². The summed E-state index contributed by atoms with van der Waals surface area (Å²) in [6.45, 7) is 4.33. The molecule has 84 valence electrons. The Hall–Kier alpha value is 0.370. The predicted octanol–water partition coefficient (Wildman–Crippen LogP) is 3.99. The number of aliphatic imine (C=N–C) groups is 1. The first-order valence-electron chi connectivity index (χ1n) is 5.56. The van der Waals surface area contributed by atoms with Gasteiger partial charge in [-0.05, 0) is 13.3 Å². The van der Waals surface area contributed by atoms with Crippen molar-refractivity contribution in [1.29, 1.82) is 0 Å². The van der Waals surface area contributed by atoms with Crippen molar-refractivity contribution < 1.29 is 0 Å². The summed E-state index contributed by atoms with van der Waals surface area (Å²) in [6, 6.07) is 0.294. The smallest absolute Gasteiger partial charge is 0.0593 e. The first-order valence-corrected chi connectivity index (χ1v) is 6.59. The fraction of sp³-hybridized carbons (Fsp3) is 0.909. The van der Waals surface area contributed by atoms with Crippen LogP contribution in [0.15, 0.2) is 4.99 Å². The molecule has 0 aliphatic heterocycles. The van der Waals surface area contributed by atoms with Gasteiger partial charge in [-0.15, -0.1) is 12.6 Å². The van der Waals surface area contributed by atoms with Crippen LogP contribution in [-0.4, -0.2) is 16.8 Å². The molecule has 0 spiro atoms. The van der Waals surface area contributed by atoms with Crippen molar-refractivity contribution in [2.75, 3.05) is 0 Å². The minimum atomic E-state index is 0.294. The Morgan fingerprint density at radius 2 is 1.86 bits per heavy atom. The van der Waals surface area contributed by atoms with E-state index in [1.165, 1.54) is 38.5 Å². The molecule has 3 heteroatoms. The summed E-state index contributed by atoms with van der Waals surface area (Å²) in [4.78, 5) is 4.20. The number of nitrogens with zero attached hydrogens (tertiary/aromatic N) is 1. The fourth-order valence-corrected chi connectivity index (χ4v) is 1.87. The first kappa shape index (κ1) is 14.4. The Morgan fingerprint density at radius 1 is 1.21 bits per heavy atom. The number of hydrogen-bond donors (Lipinski definition) is 2. The molecule has 0 heterocycles. The van der Waals surface area contributed by atoms with E-state index in [2.05, 4.69) is 44.1 Å². The van der Waals surface area contributed by atoms with Crippen molar-refractivity contribution in [3.8, 4) is 0 Å². The van der Waals surface area contributed by atoms with E-state index < -0.39 is 0 Å². The van der Waals surface area contributed by atoms with Gasteiger partial charge in [0.2, 0.25) is 0 Å². The average Bonchev–Trinajstić information content (AvgIpc) is 2.17. The normalized spacial score (nSPS) is 16.0. The van der Waals surface area contributed by atoms with Crippen LogP contribution in [0.3, 0.4) is 0 Å². The van der Waals surface area contributed by atoms with E-state index in [4.69, 9.17) is 0 Å². The molecule has 0 bridgehead atoms. The van der Waals surface area contributed by atoms with Crippen molar-refractivity contribution in [3.05, 3.63) is 0 Å². The van der Waals surface area contributed by atoms with Gasteiger partial charge in [0.15, 0.2) is 0 Å². The van der Waals surface area contributed by atoms with Crippen LogP contribution in [-0.2, 0) is 0 Å². The molecule has 0 fully saturated rings. The molecule has 0 aromatic rings. The van der Waals surface area contributed by atoms with Crippen molar-refractivity contribution >= 4 is 30.8 Å². The third kappa shape index (κ3) is 7.74. The molecule has 0 N–H and O–H groups in total. The van der Waals surface area contributed by atoms with Crippen LogP contribution >= 0.6 is 25.3 Å². The lowest BCUT2D eigenvalue weighted by Crippen LogP contribution is -2.14. The summed E-state index contributed by atoms with van der Waals surface area (Å²) < 4.78 is 0. The topological polar surface area (TPSA) is 12.4 Å². The van der Waals surface area contributed by atoms with Crippen LogP contribution in [0.2, 0.25) is 0 Å². The van der Waals surface area contributed by atoms with Gasteiger partial charge in [0.25, 0.3) is 0 Å².